The highest BCUT2D eigenvalue weighted by atomic mass is 19.4. The molecule has 1 N–H and O–H groups in total. The number of carbonyl (C=O) groups excluding carboxylic acids is 2. The molecule has 1 aliphatic carbocycles. The lowest BCUT2D eigenvalue weighted by Crippen LogP contribution is -2.59. The van der Waals surface area contributed by atoms with E-state index in [1.165, 1.54) is 7.11 Å². The van der Waals surface area contributed by atoms with Gasteiger partial charge in [0.05, 0.1) is 18.6 Å². The fourth-order valence-corrected chi connectivity index (χ4v) is 4.59. The Hall–Kier alpha value is -2.25. The molecule has 1 spiro atoms. The molecule has 160 valence electrons. The van der Waals surface area contributed by atoms with Crippen LogP contribution in [0.3, 0.4) is 0 Å². The van der Waals surface area contributed by atoms with Crippen molar-refractivity contribution in [1.29, 1.82) is 0 Å². The van der Waals surface area contributed by atoms with Crippen LogP contribution in [0.4, 0.5) is 18.0 Å². The molecule has 1 aromatic rings. The maximum atomic E-state index is 12.7. The summed E-state index contributed by atoms with van der Waals surface area (Å²) in [5.74, 6) is -0.0106. The molecule has 0 bridgehead atoms. The van der Waals surface area contributed by atoms with E-state index in [-0.39, 0.29) is 29.7 Å². The Morgan fingerprint density at radius 3 is 2.48 bits per heavy atom. The quantitative estimate of drug-likeness (QED) is 0.789. The standard InChI is InChI=1S/C21H27F3N2O3/c1-3-14(11-25-19(28)29-2)18(27)26-12-20(13-26)9-8-16(10-20)15-4-6-17(7-5-15)21(22,23)24/h4-7,14,16H,3,8-13H2,1-2H3,(H,25,28). The summed E-state index contributed by atoms with van der Waals surface area (Å²) in [5.41, 5.74) is 0.380. The summed E-state index contributed by atoms with van der Waals surface area (Å²) in [5, 5.41) is 2.58. The number of halogens is 3. The van der Waals surface area contributed by atoms with Crippen LogP contribution in [0.25, 0.3) is 0 Å². The van der Waals surface area contributed by atoms with Gasteiger partial charge in [-0.05, 0) is 49.3 Å². The number of nitrogens with zero attached hydrogens (tertiary/aromatic N) is 1. The van der Waals surface area contributed by atoms with Gasteiger partial charge in [-0.2, -0.15) is 13.2 Å². The van der Waals surface area contributed by atoms with Gasteiger partial charge in [-0.15, -0.1) is 0 Å². The zero-order chi connectivity index (χ0) is 21.2. The van der Waals surface area contributed by atoms with E-state index in [2.05, 4.69) is 10.1 Å². The predicted octanol–water partition coefficient (Wildman–Crippen LogP) is 4.18. The SMILES string of the molecule is CCC(CNC(=O)OC)C(=O)N1CC2(CCC(c3ccc(C(F)(F)F)cc3)C2)C1. The number of carbonyl (C=O) groups is 2. The first-order chi connectivity index (χ1) is 13.7. The summed E-state index contributed by atoms with van der Waals surface area (Å²) in [4.78, 5) is 25.8. The molecule has 3 rings (SSSR count). The number of benzene rings is 1. The topological polar surface area (TPSA) is 58.6 Å². The number of likely N-dealkylation sites (tertiary alicyclic amines) is 1. The number of methoxy groups -OCH3 is 1. The van der Waals surface area contributed by atoms with Crippen molar-refractivity contribution in [2.75, 3.05) is 26.7 Å². The normalized spacial score (nSPS) is 21.6. The van der Waals surface area contributed by atoms with Crippen LogP contribution in [-0.4, -0.2) is 43.6 Å². The number of alkyl halides is 3. The molecule has 8 heteroatoms. The Balaban J connectivity index is 1.53. The van der Waals surface area contributed by atoms with Crippen molar-refractivity contribution in [2.45, 2.75) is 44.7 Å². The van der Waals surface area contributed by atoms with Crippen LogP contribution < -0.4 is 5.32 Å². The van der Waals surface area contributed by atoms with Gasteiger partial charge < -0.3 is 15.0 Å². The molecule has 2 amide bonds. The Labute approximate surface area is 168 Å². The molecular weight excluding hydrogens is 385 g/mol. The lowest BCUT2D eigenvalue weighted by atomic mass is 9.76. The molecular formula is C21H27F3N2O3. The molecule has 29 heavy (non-hydrogen) atoms. The summed E-state index contributed by atoms with van der Waals surface area (Å²) in [6, 6.07) is 5.47. The highest BCUT2D eigenvalue weighted by Gasteiger charge is 2.50. The summed E-state index contributed by atoms with van der Waals surface area (Å²) in [6.45, 7) is 3.52. The summed E-state index contributed by atoms with van der Waals surface area (Å²) in [6.07, 6.45) is -1.46. The molecule has 1 heterocycles. The minimum absolute atomic E-state index is 0.0347. The maximum Gasteiger partial charge on any atom is 0.416 e. The number of hydrogen-bond donors (Lipinski definition) is 1. The highest BCUT2D eigenvalue weighted by Crippen LogP contribution is 2.52. The van der Waals surface area contributed by atoms with Gasteiger partial charge >= 0.3 is 12.3 Å². The van der Waals surface area contributed by atoms with Crippen molar-refractivity contribution in [3.8, 4) is 0 Å². The van der Waals surface area contributed by atoms with Crippen molar-refractivity contribution in [2.24, 2.45) is 11.3 Å². The van der Waals surface area contributed by atoms with Gasteiger partial charge in [0.15, 0.2) is 0 Å². The van der Waals surface area contributed by atoms with Crippen molar-refractivity contribution in [3.63, 3.8) is 0 Å². The van der Waals surface area contributed by atoms with Crippen LogP contribution in [0.1, 0.15) is 49.7 Å². The molecule has 1 aliphatic heterocycles. The second-order valence-electron chi connectivity index (χ2n) is 8.23. The molecule has 2 fully saturated rings. The Morgan fingerprint density at radius 1 is 1.28 bits per heavy atom. The summed E-state index contributed by atoms with van der Waals surface area (Å²) in [7, 11) is 1.28. The lowest BCUT2D eigenvalue weighted by Gasteiger charge is -2.49. The molecule has 2 aliphatic rings. The Morgan fingerprint density at radius 2 is 1.93 bits per heavy atom. The van der Waals surface area contributed by atoms with E-state index in [9.17, 15) is 22.8 Å². The van der Waals surface area contributed by atoms with E-state index in [1.807, 2.05) is 11.8 Å². The van der Waals surface area contributed by atoms with Crippen LogP contribution >= 0.6 is 0 Å². The minimum Gasteiger partial charge on any atom is -0.453 e. The van der Waals surface area contributed by atoms with Gasteiger partial charge in [0.2, 0.25) is 5.91 Å². The van der Waals surface area contributed by atoms with E-state index in [0.29, 0.717) is 19.5 Å². The smallest absolute Gasteiger partial charge is 0.416 e. The van der Waals surface area contributed by atoms with E-state index in [0.717, 1.165) is 37.0 Å². The zero-order valence-electron chi connectivity index (χ0n) is 16.7. The monoisotopic (exact) mass is 412 g/mol. The number of alkyl carbamates (subject to hydrolysis) is 1. The van der Waals surface area contributed by atoms with E-state index in [1.54, 1.807) is 12.1 Å². The summed E-state index contributed by atoms with van der Waals surface area (Å²) >= 11 is 0. The van der Waals surface area contributed by atoms with Crippen LogP contribution in [0.5, 0.6) is 0 Å². The second kappa shape index (κ2) is 8.24. The number of nitrogens with one attached hydrogen (secondary N) is 1. The van der Waals surface area contributed by atoms with Crippen LogP contribution in [0, 0.1) is 11.3 Å². The first-order valence-electron chi connectivity index (χ1n) is 9.95. The molecule has 2 atom stereocenters. The Kier molecular flexibility index (Phi) is 6.10. The molecule has 2 unspecified atom stereocenters. The third-order valence-electron chi connectivity index (χ3n) is 6.30. The van der Waals surface area contributed by atoms with Crippen LogP contribution in [0.15, 0.2) is 24.3 Å². The summed E-state index contributed by atoms with van der Waals surface area (Å²) < 4.78 is 42.8. The largest absolute Gasteiger partial charge is 0.453 e. The number of ether oxygens (including phenoxy) is 1. The zero-order valence-corrected chi connectivity index (χ0v) is 16.7. The predicted molar refractivity (Wildman–Crippen MR) is 101 cm³/mol. The van der Waals surface area contributed by atoms with Crippen molar-refractivity contribution in [3.05, 3.63) is 35.4 Å². The lowest BCUT2D eigenvalue weighted by molar-refractivity contribution is -0.147. The minimum atomic E-state index is -4.32. The molecule has 1 saturated heterocycles. The van der Waals surface area contributed by atoms with Crippen LogP contribution in [-0.2, 0) is 15.7 Å². The first kappa shape index (κ1) is 21.5. The highest BCUT2D eigenvalue weighted by molar-refractivity contribution is 5.80. The van der Waals surface area contributed by atoms with E-state index < -0.39 is 17.8 Å². The third kappa shape index (κ3) is 4.67. The Bertz CT molecular complexity index is 743. The van der Waals surface area contributed by atoms with Gasteiger partial charge in [0.1, 0.15) is 0 Å². The van der Waals surface area contributed by atoms with Crippen LogP contribution in [0.2, 0.25) is 0 Å². The van der Waals surface area contributed by atoms with Crippen molar-refractivity contribution >= 4 is 12.0 Å². The van der Waals surface area contributed by atoms with E-state index in [4.69, 9.17) is 0 Å². The molecule has 5 nitrogen and oxygen atoms in total. The average molecular weight is 412 g/mol. The van der Waals surface area contributed by atoms with Gasteiger partial charge in [-0.3, -0.25) is 4.79 Å². The second-order valence-corrected chi connectivity index (χ2v) is 8.23. The van der Waals surface area contributed by atoms with Gasteiger partial charge in [-0.25, -0.2) is 4.79 Å². The molecule has 1 aromatic carbocycles. The fourth-order valence-electron chi connectivity index (χ4n) is 4.59. The maximum absolute atomic E-state index is 12.7. The number of hydrogen-bond acceptors (Lipinski definition) is 3. The van der Waals surface area contributed by atoms with E-state index >= 15 is 0 Å². The molecule has 0 aromatic heterocycles. The van der Waals surface area contributed by atoms with Gasteiger partial charge in [0.25, 0.3) is 0 Å². The molecule has 0 radical (unpaired) electrons. The third-order valence-corrected chi connectivity index (χ3v) is 6.30. The number of amides is 2. The molecule has 1 saturated carbocycles. The fraction of sp³-hybridized carbons (Fsp3) is 0.619. The van der Waals surface area contributed by atoms with Gasteiger partial charge in [-0.1, -0.05) is 19.1 Å². The number of rotatable bonds is 5. The average Bonchev–Trinajstić information content (AvgIpc) is 3.12. The first-order valence-corrected chi connectivity index (χ1v) is 9.95. The van der Waals surface area contributed by atoms with Gasteiger partial charge in [0, 0.05) is 25.0 Å². The van der Waals surface area contributed by atoms with Crippen molar-refractivity contribution < 1.29 is 27.5 Å². The van der Waals surface area contributed by atoms with Crippen molar-refractivity contribution in [1.82, 2.24) is 10.2 Å².